The maximum atomic E-state index is 3.75. The van der Waals surface area contributed by atoms with Crippen LogP contribution in [0.4, 0.5) is 0 Å². The van der Waals surface area contributed by atoms with Gasteiger partial charge in [0.25, 0.3) is 0 Å². The molecule has 0 amide bonds. The van der Waals surface area contributed by atoms with E-state index in [0.29, 0.717) is 11.5 Å². The van der Waals surface area contributed by atoms with Crippen molar-refractivity contribution >= 4 is 11.8 Å². The van der Waals surface area contributed by atoms with E-state index in [-0.39, 0.29) is 0 Å². The molecule has 1 fully saturated rings. The Bertz CT molecular complexity index is 272. The van der Waals surface area contributed by atoms with Gasteiger partial charge in [-0.1, -0.05) is 33.6 Å². The van der Waals surface area contributed by atoms with Crippen LogP contribution in [-0.4, -0.2) is 49.6 Å². The summed E-state index contributed by atoms with van der Waals surface area (Å²) in [6.07, 6.45) is 7.83. The van der Waals surface area contributed by atoms with Crippen molar-refractivity contribution in [1.82, 2.24) is 10.2 Å². The van der Waals surface area contributed by atoms with Gasteiger partial charge in [0.15, 0.2) is 0 Å². The molecule has 1 aliphatic rings. The molecule has 3 heteroatoms. The molecule has 2 nitrogen and oxygen atoms in total. The molecule has 1 rings (SSSR count). The lowest BCUT2D eigenvalue weighted by molar-refractivity contribution is 0.0858. The van der Waals surface area contributed by atoms with E-state index in [1.807, 2.05) is 11.8 Å². The van der Waals surface area contributed by atoms with E-state index in [1.165, 1.54) is 44.5 Å². The van der Waals surface area contributed by atoms with Gasteiger partial charge in [-0.2, -0.15) is 11.8 Å². The van der Waals surface area contributed by atoms with Crippen LogP contribution in [0.25, 0.3) is 0 Å². The molecule has 126 valence electrons. The van der Waals surface area contributed by atoms with E-state index in [0.717, 1.165) is 18.4 Å². The average molecular weight is 315 g/mol. The van der Waals surface area contributed by atoms with Crippen LogP contribution in [0.2, 0.25) is 0 Å². The number of nitrogens with zero attached hydrogens (tertiary/aromatic N) is 1. The zero-order valence-corrected chi connectivity index (χ0v) is 16.1. The molecule has 0 spiro atoms. The lowest BCUT2D eigenvalue weighted by Crippen LogP contribution is -2.48. The standard InChI is InChI=1S/C18H38N2S/c1-15(2)11-19-13-18(9-7-16(3)8-10-18)14-20(5)17(4)12-21-6/h15-17,19H,7-14H2,1-6H3. The Kier molecular flexibility index (Phi) is 8.66. The summed E-state index contributed by atoms with van der Waals surface area (Å²) in [6.45, 7) is 13.0. The van der Waals surface area contributed by atoms with Gasteiger partial charge in [-0.3, -0.25) is 0 Å². The summed E-state index contributed by atoms with van der Waals surface area (Å²) in [5.74, 6) is 2.91. The van der Waals surface area contributed by atoms with E-state index < -0.39 is 0 Å². The maximum Gasteiger partial charge on any atom is 0.0155 e. The third-order valence-corrected chi connectivity index (χ3v) is 5.95. The van der Waals surface area contributed by atoms with Crippen LogP contribution in [0.5, 0.6) is 0 Å². The van der Waals surface area contributed by atoms with Gasteiger partial charge in [-0.15, -0.1) is 0 Å². The second-order valence-corrected chi connectivity index (χ2v) is 8.84. The van der Waals surface area contributed by atoms with Crippen LogP contribution >= 0.6 is 11.8 Å². The Morgan fingerprint density at radius 3 is 2.38 bits per heavy atom. The van der Waals surface area contributed by atoms with Crippen molar-refractivity contribution < 1.29 is 0 Å². The molecule has 0 aromatic rings. The normalized spacial score (nSPS) is 28.3. The Morgan fingerprint density at radius 1 is 1.24 bits per heavy atom. The molecule has 0 bridgehead atoms. The molecule has 0 aromatic carbocycles. The number of hydrogen-bond acceptors (Lipinski definition) is 3. The number of rotatable bonds is 9. The molecule has 0 saturated heterocycles. The highest BCUT2D eigenvalue weighted by Gasteiger charge is 2.35. The lowest BCUT2D eigenvalue weighted by Gasteiger charge is -2.43. The topological polar surface area (TPSA) is 15.3 Å². The molecule has 0 aliphatic heterocycles. The third-order valence-electron chi connectivity index (χ3n) is 5.13. The first kappa shape index (κ1) is 19.3. The molecule has 0 heterocycles. The third kappa shape index (κ3) is 6.92. The van der Waals surface area contributed by atoms with Crippen molar-refractivity contribution in [2.45, 2.75) is 59.4 Å². The Balaban J connectivity index is 2.59. The van der Waals surface area contributed by atoms with Crippen molar-refractivity contribution in [1.29, 1.82) is 0 Å². The summed E-state index contributed by atoms with van der Waals surface area (Å²) in [4.78, 5) is 2.60. The highest BCUT2D eigenvalue weighted by atomic mass is 32.2. The highest BCUT2D eigenvalue weighted by molar-refractivity contribution is 7.98. The van der Waals surface area contributed by atoms with Gasteiger partial charge in [-0.05, 0) is 56.9 Å². The zero-order valence-electron chi connectivity index (χ0n) is 15.2. The molecule has 21 heavy (non-hydrogen) atoms. The minimum Gasteiger partial charge on any atom is -0.316 e. The van der Waals surface area contributed by atoms with Gasteiger partial charge in [-0.25, -0.2) is 0 Å². The van der Waals surface area contributed by atoms with E-state index >= 15 is 0 Å². The van der Waals surface area contributed by atoms with Crippen molar-refractivity contribution in [2.24, 2.45) is 17.3 Å². The molecule has 1 unspecified atom stereocenters. The first-order valence-electron chi connectivity index (χ1n) is 8.78. The van der Waals surface area contributed by atoms with E-state index in [2.05, 4.69) is 51.2 Å². The fraction of sp³-hybridized carbons (Fsp3) is 1.00. The summed E-state index contributed by atoms with van der Waals surface area (Å²) < 4.78 is 0. The van der Waals surface area contributed by atoms with Crippen molar-refractivity contribution in [2.75, 3.05) is 38.7 Å². The van der Waals surface area contributed by atoms with Crippen molar-refractivity contribution in [3.63, 3.8) is 0 Å². The monoisotopic (exact) mass is 314 g/mol. The van der Waals surface area contributed by atoms with Crippen molar-refractivity contribution in [3.8, 4) is 0 Å². The van der Waals surface area contributed by atoms with Crippen LogP contribution in [0.1, 0.15) is 53.4 Å². The second kappa shape index (κ2) is 9.42. The van der Waals surface area contributed by atoms with E-state index in [4.69, 9.17) is 0 Å². The molecule has 0 aromatic heterocycles. The van der Waals surface area contributed by atoms with E-state index in [9.17, 15) is 0 Å². The van der Waals surface area contributed by atoms with Crippen LogP contribution in [0.15, 0.2) is 0 Å². The summed E-state index contributed by atoms with van der Waals surface area (Å²) in [6, 6.07) is 0.682. The summed E-state index contributed by atoms with van der Waals surface area (Å²) >= 11 is 1.96. The fourth-order valence-corrected chi connectivity index (χ4v) is 4.18. The Hall–Kier alpha value is 0.270. The van der Waals surface area contributed by atoms with Gasteiger partial charge in [0.05, 0.1) is 0 Å². The number of nitrogens with one attached hydrogen (secondary N) is 1. The molecule has 1 saturated carbocycles. The van der Waals surface area contributed by atoms with Gasteiger partial charge in [0, 0.05) is 24.9 Å². The molecule has 1 atom stereocenters. The first-order valence-corrected chi connectivity index (χ1v) is 10.2. The minimum atomic E-state index is 0.503. The summed E-state index contributed by atoms with van der Waals surface area (Å²) in [5, 5.41) is 3.75. The first-order chi connectivity index (χ1) is 9.88. The van der Waals surface area contributed by atoms with Crippen LogP contribution in [0.3, 0.4) is 0 Å². The predicted molar refractivity (Wildman–Crippen MR) is 98.2 cm³/mol. The lowest BCUT2D eigenvalue weighted by atomic mass is 9.70. The number of hydrogen-bond donors (Lipinski definition) is 1. The minimum absolute atomic E-state index is 0.503. The van der Waals surface area contributed by atoms with Crippen LogP contribution < -0.4 is 5.32 Å². The number of thioether (sulfide) groups is 1. The SMILES string of the molecule is CSCC(C)N(C)CC1(CNCC(C)C)CCC(C)CC1. The Morgan fingerprint density at radius 2 is 1.86 bits per heavy atom. The van der Waals surface area contributed by atoms with Crippen LogP contribution in [0, 0.1) is 17.3 Å². The zero-order chi connectivity index (χ0) is 15.9. The van der Waals surface area contributed by atoms with Crippen molar-refractivity contribution in [3.05, 3.63) is 0 Å². The quantitative estimate of drug-likeness (QED) is 0.689. The molecular weight excluding hydrogens is 276 g/mol. The second-order valence-electron chi connectivity index (χ2n) is 7.93. The smallest absolute Gasteiger partial charge is 0.0155 e. The average Bonchev–Trinajstić information content (AvgIpc) is 2.42. The van der Waals surface area contributed by atoms with Gasteiger partial charge in [0.1, 0.15) is 0 Å². The Labute approximate surface area is 137 Å². The van der Waals surface area contributed by atoms with Gasteiger partial charge in [0.2, 0.25) is 0 Å². The van der Waals surface area contributed by atoms with Gasteiger partial charge >= 0.3 is 0 Å². The summed E-state index contributed by atoms with van der Waals surface area (Å²) in [7, 11) is 2.32. The largest absolute Gasteiger partial charge is 0.316 e. The van der Waals surface area contributed by atoms with Crippen LogP contribution in [-0.2, 0) is 0 Å². The fourth-order valence-electron chi connectivity index (χ4n) is 3.44. The molecule has 0 radical (unpaired) electrons. The molecular formula is C18H38N2S. The summed E-state index contributed by atoms with van der Waals surface area (Å²) in [5.41, 5.74) is 0.503. The predicted octanol–water partition coefficient (Wildman–Crippen LogP) is 4.11. The maximum absolute atomic E-state index is 3.75. The van der Waals surface area contributed by atoms with Gasteiger partial charge < -0.3 is 10.2 Å². The highest BCUT2D eigenvalue weighted by Crippen LogP contribution is 2.39. The molecule has 1 aliphatic carbocycles. The molecule has 1 N–H and O–H groups in total. The van der Waals surface area contributed by atoms with E-state index in [1.54, 1.807) is 0 Å².